The van der Waals surface area contributed by atoms with Gasteiger partial charge in [0.1, 0.15) is 0 Å². The van der Waals surface area contributed by atoms with Gasteiger partial charge < -0.3 is 10.2 Å². The molecule has 4 heteroatoms. The minimum atomic E-state index is 0.479. The molecule has 82 valence electrons. The van der Waals surface area contributed by atoms with Gasteiger partial charge >= 0.3 is 0 Å². The zero-order chi connectivity index (χ0) is 11.1. The lowest BCUT2D eigenvalue weighted by atomic mass is 10.1. The number of rotatable bonds is 2. The number of aromatic nitrogens is 2. The Morgan fingerprint density at radius 3 is 2.88 bits per heavy atom. The molecule has 0 spiro atoms. The van der Waals surface area contributed by atoms with Crippen molar-refractivity contribution in [3.8, 4) is 11.5 Å². The average molecular weight is 215 g/mol. The van der Waals surface area contributed by atoms with E-state index in [-0.39, 0.29) is 0 Å². The minimum absolute atomic E-state index is 0.479. The first-order valence-electron chi connectivity index (χ1n) is 5.44. The van der Waals surface area contributed by atoms with Gasteiger partial charge in [0.25, 0.3) is 0 Å². The molecule has 2 aromatic rings. The molecule has 16 heavy (non-hydrogen) atoms. The molecule has 0 atom stereocenters. The fraction of sp³-hybridized carbons (Fsp3) is 0.333. The maximum atomic E-state index is 5.99. The number of nitrogen functional groups attached to an aromatic ring is 1. The van der Waals surface area contributed by atoms with Crippen molar-refractivity contribution >= 4 is 5.69 Å². The second-order valence-corrected chi connectivity index (χ2v) is 4.26. The summed E-state index contributed by atoms with van der Waals surface area (Å²) < 4.78 is 5.63. The zero-order valence-electron chi connectivity index (χ0n) is 9.10. The summed E-state index contributed by atoms with van der Waals surface area (Å²) in [6.07, 6.45) is 2.32. The highest BCUT2D eigenvalue weighted by Gasteiger charge is 2.29. The van der Waals surface area contributed by atoms with Gasteiger partial charge in [0.15, 0.2) is 0 Å². The highest BCUT2D eigenvalue weighted by molar-refractivity contribution is 5.72. The number of para-hydroxylation sites is 1. The third-order valence-electron chi connectivity index (χ3n) is 2.92. The Kier molecular flexibility index (Phi) is 1.96. The van der Waals surface area contributed by atoms with Crippen molar-refractivity contribution in [2.75, 3.05) is 5.73 Å². The molecule has 1 fully saturated rings. The van der Waals surface area contributed by atoms with Crippen LogP contribution >= 0.6 is 0 Å². The second-order valence-electron chi connectivity index (χ2n) is 4.26. The summed E-state index contributed by atoms with van der Waals surface area (Å²) in [7, 11) is 0. The fourth-order valence-electron chi connectivity index (χ4n) is 1.71. The van der Waals surface area contributed by atoms with Crippen LogP contribution in [0.2, 0.25) is 0 Å². The first-order valence-corrected chi connectivity index (χ1v) is 5.44. The quantitative estimate of drug-likeness (QED) is 0.782. The largest absolute Gasteiger partial charge is 0.420 e. The van der Waals surface area contributed by atoms with Crippen molar-refractivity contribution in [2.45, 2.75) is 25.7 Å². The van der Waals surface area contributed by atoms with E-state index in [0.717, 1.165) is 29.9 Å². The molecule has 0 amide bonds. The SMILES string of the molecule is Cc1cccc(-c2nnc(C3CC3)o2)c1N. The molecular weight excluding hydrogens is 202 g/mol. The van der Waals surface area contributed by atoms with E-state index in [1.807, 2.05) is 25.1 Å². The monoisotopic (exact) mass is 215 g/mol. The third-order valence-corrected chi connectivity index (χ3v) is 2.92. The smallest absolute Gasteiger partial charge is 0.249 e. The molecule has 0 radical (unpaired) electrons. The van der Waals surface area contributed by atoms with Gasteiger partial charge in [-0.05, 0) is 31.4 Å². The summed E-state index contributed by atoms with van der Waals surface area (Å²) in [5, 5.41) is 8.11. The summed E-state index contributed by atoms with van der Waals surface area (Å²) in [4.78, 5) is 0. The highest BCUT2D eigenvalue weighted by atomic mass is 16.4. The Labute approximate surface area is 93.5 Å². The predicted molar refractivity (Wildman–Crippen MR) is 60.9 cm³/mol. The third kappa shape index (κ3) is 1.46. The van der Waals surface area contributed by atoms with Gasteiger partial charge in [0, 0.05) is 11.6 Å². The lowest BCUT2D eigenvalue weighted by Crippen LogP contribution is -1.93. The maximum Gasteiger partial charge on any atom is 0.249 e. The van der Waals surface area contributed by atoms with Gasteiger partial charge in [0.05, 0.1) is 5.56 Å². The first-order chi connectivity index (χ1) is 7.75. The number of aryl methyl sites for hydroxylation is 1. The van der Waals surface area contributed by atoms with E-state index in [0.29, 0.717) is 17.5 Å². The van der Waals surface area contributed by atoms with Crippen molar-refractivity contribution in [1.29, 1.82) is 0 Å². The number of nitrogens with zero attached hydrogens (tertiary/aromatic N) is 2. The average Bonchev–Trinajstić information content (AvgIpc) is 3.02. The Bertz CT molecular complexity index is 529. The summed E-state index contributed by atoms with van der Waals surface area (Å²) >= 11 is 0. The Morgan fingerprint density at radius 1 is 1.31 bits per heavy atom. The summed E-state index contributed by atoms with van der Waals surface area (Å²) in [5.41, 5.74) is 8.57. The van der Waals surface area contributed by atoms with Crippen molar-refractivity contribution < 1.29 is 4.42 Å². The van der Waals surface area contributed by atoms with Crippen LogP contribution in [0.5, 0.6) is 0 Å². The van der Waals surface area contributed by atoms with Gasteiger partial charge in [0.2, 0.25) is 11.8 Å². The molecule has 3 rings (SSSR count). The standard InChI is InChI=1S/C12H13N3O/c1-7-3-2-4-9(10(7)13)12-15-14-11(16-12)8-5-6-8/h2-4,8H,5-6,13H2,1H3. The number of hydrogen-bond acceptors (Lipinski definition) is 4. The van der Waals surface area contributed by atoms with Gasteiger partial charge in [-0.3, -0.25) is 0 Å². The second kappa shape index (κ2) is 3.33. The minimum Gasteiger partial charge on any atom is -0.420 e. The van der Waals surface area contributed by atoms with Gasteiger partial charge in [-0.15, -0.1) is 10.2 Å². The van der Waals surface area contributed by atoms with Gasteiger partial charge in [-0.1, -0.05) is 12.1 Å². The Hall–Kier alpha value is -1.84. The normalized spacial score (nSPS) is 15.3. The number of anilines is 1. The van der Waals surface area contributed by atoms with Crippen molar-refractivity contribution in [1.82, 2.24) is 10.2 Å². The molecule has 0 unspecified atom stereocenters. The van der Waals surface area contributed by atoms with Crippen LogP contribution in [-0.2, 0) is 0 Å². The summed E-state index contributed by atoms with van der Waals surface area (Å²) in [5.74, 6) is 1.76. The van der Waals surface area contributed by atoms with E-state index in [4.69, 9.17) is 10.2 Å². The molecule has 1 aliphatic rings. The van der Waals surface area contributed by atoms with Crippen LogP contribution in [0.4, 0.5) is 5.69 Å². The highest BCUT2D eigenvalue weighted by Crippen LogP contribution is 2.40. The lowest BCUT2D eigenvalue weighted by Gasteiger charge is -2.03. The molecule has 1 saturated carbocycles. The molecule has 2 N–H and O–H groups in total. The summed E-state index contributed by atoms with van der Waals surface area (Å²) in [6, 6.07) is 5.82. The lowest BCUT2D eigenvalue weighted by molar-refractivity contribution is 0.508. The van der Waals surface area contributed by atoms with E-state index in [9.17, 15) is 0 Å². The Morgan fingerprint density at radius 2 is 2.12 bits per heavy atom. The number of benzene rings is 1. The fourth-order valence-corrected chi connectivity index (χ4v) is 1.71. The molecular formula is C12H13N3O. The number of hydrogen-bond donors (Lipinski definition) is 1. The van der Waals surface area contributed by atoms with Crippen LogP contribution in [0.15, 0.2) is 22.6 Å². The molecule has 1 heterocycles. The molecule has 1 aliphatic carbocycles. The van der Waals surface area contributed by atoms with Crippen molar-refractivity contribution in [3.63, 3.8) is 0 Å². The molecule has 0 aliphatic heterocycles. The van der Waals surface area contributed by atoms with Crippen LogP contribution in [0.1, 0.15) is 30.2 Å². The van der Waals surface area contributed by atoms with Gasteiger partial charge in [-0.2, -0.15) is 0 Å². The van der Waals surface area contributed by atoms with Crippen LogP contribution in [-0.4, -0.2) is 10.2 Å². The van der Waals surface area contributed by atoms with Crippen molar-refractivity contribution in [3.05, 3.63) is 29.7 Å². The topological polar surface area (TPSA) is 64.9 Å². The van der Waals surface area contributed by atoms with Crippen LogP contribution in [0, 0.1) is 6.92 Å². The van der Waals surface area contributed by atoms with Crippen LogP contribution < -0.4 is 5.73 Å². The van der Waals surface area contributed by atoms with E-state index < -0.39 is 0 Å². The molecule has 4 nitrogen and oxygen atoms in total. The molecule has 0 bridgehead atoms. The van der Waals surface area contributed by atoms with E-state index in [1.165, 1.54) is 0 Å². The van der Waals surface area contributed by atoms with Crippen LogP contribution in [0.3, 0.4) is 0 Å². The van der Waals surface area contributed by atoms with Gasteiger partial charge in [-0.25, -0.2) is 0 Å². The predicted octanol–water partition coefficient (Wildman–Crippen LogP) is 2.50. The zero-order valence-corrected chi connectivity index (χ0v) is 9.10. The molecule has 1 aromatic carbocycles. The van der Waals surface area contributed by atoms with Crippen molar-refractivity contribution in [2.24, 2.45) is 0 Å². The molecule has 1 aromatic heterocycles. The van der Waals surface area contributed by atoms with E-state index >= 15 is 0 Å². The maximum absolute atomic E-state index is 5.99. The summed E-state index contributed by atoms with van der Waals surface area (Å²) in [6.45, 7) is 1.97. The Balaban J connectivity index is 2.03. The number of nitrogens with two attached hydrogens (primary N) is 1. The van der Waals surface area contributed by atoms with Crippen LogP contribution in [0.25, 0.3) is 11.5 Å². The van der Waals surface area contributed by atoms with E-state index in [2.05, 4.69) is 10.2 Å². The van der Waals surface area contributed by atoms with E-state index in [1.54, 1.807) is 0 Å². The first kappa shape index (κ1) is 9.39. The molecule has 0 saturated heterocycles.